The second-order valence-electron chi connectivity index (χ2n) is 5.88. The number of halogens is 1. The number of nitrogens with one attached hydrogen (secondary N) is 2. The number of hydrogen-bond acceptors (Lipinski definition) is 4. The Bertz CT molecular complexity index is 994. The molecule has 25 heavy (non-hydrogen) atoms. The van der Waals surface area contributed by atoms with E-state index in [0.29, 0.717) is 24.2 Å². The number of H-pyrrole nitrogens is 1. The maximum Gasteiger partial charge on any atom is 0.259 e. The van der Waals surface area contributed by atoms with Crippen LogP contribution in [0.5, 0.6) is 0 Å². The third-order valence-electron chi connectivity index (χ3n) is 4.06. The van der Waals surface area contributed by atoms with E-state index in [0.717, 1.165) is 25.3 Å². The minimum Gasteiger partial charge on any atom is -0.352 e. The number of nitrogens with zero attached hydrogens (tertiary/aromatic N) is 1. The molecule has 0 radical (unpaired) electrons. The monoisotopic (exact) mass is 419 g/mol. The molecule has 1 aromatic carbocycles. The standard InChI is InChI=1S/C18H18BrN3O2S/c1-10-11(2)25-18-16(10)17(24)21-14(22-18)6-7-15(23)20-9-12-4-3-5-13(19)8-12/h3-5,8H,6-7,9H2,1-2H3,(H,20,23)(H,21,22,24). The molecule has 0 saturated heterocycles. The van der Waals surface area contributed by atoms with E-state index in [2.05, 4.69) is 31.2 Å². The van der Waals surface area contributed by atoms with Gasteiger partial charge in [0.05, 0.1) is 5.39 Å². The number of aromatic nitrogens is 2. The number of hydrogen-bond donors (Lipinski definition) is 2. The third kappa shape index (κ3) is 4.16. The molecule has 0 spiro atoms. The molecule has 5 nitrogen and oxygen atoms in total. The van der Waals surface area contributed by atoms with E-state index in [4.69, 9.17) is 0 Å². The highest BCUT2D eigenvalue weighted by molar-refractivity contribution is 9.10. The van der Waals surface area contributed by atoms with Crippen molar-refractivity contribution in [2.75, 3.05) is 0 Å². The van der Waals surface area contributed by atoms with Gasteiger partial charge in [0.15, 0.2) is 0 Å². The van der Waals surface area contributed by atoms with Gasteiger partial charge in [0.2, 0.25) is 5.91 Å². The minimum atomic E-state index is -0.128. The maximum atomic E-state index is 12.2. The molecule has 0 aliphatic rings. The Kier molecular flexibility index (Phi) is 5.34. The summed E-state index contributed by atoms with van der Waals surface area (Å²) in [5, 5.41) is 3.54. The summed E-state index contributed by atoms with van der Waals surface area (Å²) in [6.07, 6.45) is 0.692. The van der Waals surface area contributed by atoms with Gasteiger partial charge in [-0.05, 0) is 37.1 Å². The first-order valence-electron chi connectivity index (χ1n) is 7.94. The van der Waals surface area contributed by atoms with Gasteiger partial charge in [-0.3, -0.25) is 9.59 Å². The van der Waals surface area contributed by atoms with Gasteiger partial charge in [-0.25, -0.2) is 4.98 Å². The summed E-state index contributed by atoms with van der Waals surface area (Å²) in [4.78, 5) is 33.4. The van der Waals surface area contributed by atoms with Gasteiger partial charge < -0.3 is 10.3 Å². The zero-order valence-electron chi connectivity index (χ0n) is 14.0. The highest BCUT2D eigenvalue weighted by Crippen LogP contribution is 2.25. The molecule has 0 bridgehead atoms. The number of rotatable bonds is 5. The van der Waals surface area contributed by atoms with Crippen molar-refractivity contribution >= 4 is 43.4 Å². The molecule has 0 aliphatic carbocycles. The van der Waals surface area contributed by atoms with E-state index < -0.39 is 0 Å². The lowest BCUT2D eigenvalue weighted by Crippen LogP contribution is -2.23. The van der Waals surface area contributed by atoms with E-state index in [9.17, 15) is 9.59 Å². The molecule has 2 N–H and O–H groups in total. The molecule has 0 saturated carbocycles. The summed E-state index contributed by atoms with van der Waals surface area (Å²) in [6.45, 7) is 4.39. The van der Waals surface area contributed by atoms with Gasteiger partial charge >= 0.3 is 0 Å². The average Bonchev–Trinajstić information content (AvgIpc) is 2.86. The number of amides is 1. The van der Waals surface area contributed by atoms with Crippen LogP contribution in [0.2, 0.25) is 0 Å². The maximum absolute atomic E-state index is 12.2. The average molecular weight is 420 g/mol. The van der Waals surface area contributed by atoms with E-state index in [1.807, 2.05) is 38.1 Å². The first kappa shape index (κ1) is 17.8. The summed E-state index contributed by atoms with van der Waals surface area (Å²) in [7, 11) is 0. The van der Waals surface area contributed by atoms with Crippen LogP contribution < -0.4 is 10.9 Å². The van der Waals surface area contributed by atoms with Crippen LogP contribution in [0.25, 0.3) is 10.2 Å². The van der Waals surface area contributed by atoms with Gasteiger partial charge in [-0.15, -0.1) is 11.3 Å². The number of aromatic amines is 1. The predicted molar refractivity (Wildman–Crippen MR) is 104 cm³/mol. The number of carbonyl (C=O) groups excluding carboxylic acids is 1. The van der Waals surface area contributed by atoms with Gasteiger partial charge in [0, 0.05) is 28.7 Å². The van der Waals surface area contributed by atoms with Crippen molar-refractivity contribution in [2.24, 2.45) is 0 Å². The summed E-state index contributed by atoms with van der Waals surface area (Å²) in [5.74, 6) is 0.484. The van der Waals surface area contributed by atoms with Crippen LogP contribution in [-0.2, 0) is 17.8 Å². The van der Waals surface area contributed by atoms with Crippen LogP contribution in [0.1, 0.15) is 28.2 Å². The predicted octanol–water partition coefficient (Wildman–Crippen LogP) is 3.61. The first-order valence-corrected chi connectivity index (χ1v) is 9.55. The van der Waals surface area contributed by atoms with Crippen molar-refractivity contribution in [2.45, 2.75) is 33.2 Å². The summed E-state index contributed by atoms with van der Waals surface area (Å²) < 4.78 is 0.982. The Hall–Kier alpha value is -1.99. The van der Waals surface area contributed by atoms with Gasteiger partial charge in [0.25, 0.3) is 5.56 Å². The molecule has 0 unspecified atom stereocenters. The molecule has 0 fully saturated rings. The molecule has 3 aromatic rings. The molecular weight excluding hydrogens is 402 g/mol. The lowest BCUT2D eigenvalue weighted by atomic mass is 10.2. The van der Waals surface area contributed by atoms with Crippen molar-refractivity contribution in [1.82, 2.24) is 15.3 Å². The van der Waals surface area contributed by atoms with Crippen molar-refractivity contribution in [1.29, 1.82) is 0 Å². The molecule has 130 valence electrons. The normalized spacial score (nSPS) is 11.0. The quantitative estimate of drug-likeness (QED) is 0.662. The molecule has 2 heterocycles. The van der Waals surface area contributed by atoms with Crippen LogP contribution in [0.3, 0.4) is 0 Å². The fourth-order valence-electron chi connectivity index (χ4n) is 2.59. The zero-order chi connectivity index (χ0) is 18.0. The largest absolute Gasteiger partial charge is 0.352 e. The van der Waals surface area contributed by atoms with Gasteiger partial charge in [0.1, 0.15) is 10.7 Å². The Morgan fingerprint density at radius 2 is 2.16 bits per heavy atom. The Morgan fingerprint density at radius 3 is 2.92 bits per heavy atom. The lowest BCUT2D eigenvalue weighted by molar-refractivity contribution is -0.121. The van der Waals surface area contributed by atoms with Crippen LogP contribution in [0.15, 0.2) is 33.5 Å². The van der Waals surface area contributed by atoms with Crippen LogP contribution in [-0.4, -0.2) is 15.9 Å². The van der Waals surface area contributed by atoms with E-state index in [1.165, 1.54) is 11.3 Å². The molecule has 3 rings (SSSR count). The third-order valence-corrected chi connectivity index (χ3v) is 5.65. The SMILES string of the molecule is Cc1sc2nc(CCC(=O)NCc3cccc(Br)c3)[nH]c(=O)c2c1C. The second kappa shape index (κ2) is 7.49. The van der Waals surface area contributed by atoms with Crippen molar-refractivity contribution in [3.8, 4) is 0 Å². The van der Waals surface area contributed by atoms with Crippen molar-refractivity contribution in [3.63, 3.8) is 0 Å². The van der Waals surface area contributed by atoms with Crippen LogP contribution >= 0.6 is 27.3 Å². The second-order valence-corrected chi connectivity index (χ2v) is 8.00. The number of carbonyl (C=O) groups is 1. The fourth-order valence-corrected chi connectivity index (χ4v) is 4.08. The smallest absolute Gasteiger partial charge is 0.259 e. The summed E-state index contributed by atoms with van der Waals surface area (Å²) in [6, 6.07) is 7.80. The van der Waals surface area contributed by atoms with Gasteiger partial charge in [-0.2, -0.15) is 0 Å². The molecule has 2 aromatic heterocycles. The minimum absolute atomic E-state index is 0.0683. The van der Waals surface area contributed by atoms with E-state index >= 15 is 0 Å². The highest BCUT2D eigenvalue weighted by Gasteiger charge is 2.12. The Balaban J connectivity index is 1.62. The highest BCUT2D eigenvalue weighted by atomic mass is 79.9. The Morgan fingerprint density at radius 1 is 1.36 bits per heavy atom. The van der Waals surface area contributed by atoms with Crippen LogP contribution in [0.4, 0.5) is 0 Å². The van der Waals surface area contributed by atoms with E-state index in [-0.39, 0.29) is 17.9 Å². The molecule has 0 aliphatic heterocycles. The van der Waals surface area contributed by atoms with Gasteiger partial charge in [-0.1, -0.05) is 28.1 Å². The summed E-state index contributed by atoms with van der Waals surface area (Å²) in [5.41, 5.74) is 1.88. The number of thiophene rings is 1. The molecular formula is C18H18BrN3O2S. The molecule has 0 atom stereocenters. The Labute approximate surface area is 157 Å². The van der Waals surface area contributed by atoms with Crippen molar-refractivity contribution < 1.29 is 4.79 Å². The summed E-state index contributed by atoms with van der Waals surface area (Å²) >= 11 is 4.92. The lowest BCUT2D eigenvalue weighted by Gasteiger charge is -2.06. The first-order chi connectivity index (χ1) is 11.9. The number of fused-ring (bicyclic) bond motifs is 1. The topological polar surface area (TPSA) is 74.8 Å². The fraction of sp³-hybridized carbons (Fsp3) is 0.278. The number of benzene rings is 1. The van der Waals surface area contributed by atoms with Crippen LogP contribution in [0, 0.1) is 13.8 Å². The molecule has 1 amide bonds. The number of aryl methyl sites for hydroxylation is 3. The zero-order valence-corrected chi connectivity index (χ0v) is 16.4. The molecule has 7 heteroatoms. The van der Waals surface area contributed by atoms with E-state index in [1.54, 1.807) is 0 Å². The van der Waals surface area contributed by atoms with Crippen molar-refractivity contribution in [3.05, 3.63) is 60.9 Å².